The van der Waals surface area contributed by atoms with Crippen molar-refractivity contribution in [1.29, 1.82) is 0 Å². The minimum absolute atomic E-state index is 0.0101. The van der Waals surface area contributed by atoms with E-state index in [2.05, 4.69) is 37.0 Å². The highest BCUT2D eigenvalue weighted by Gasteiger charge is 2.08. The third-order valence-corrected chi connectivity index (χ3v) is 2.90. The van der Waals surface area contributed by atoms with Crippen LogP contribution in [0.4, 0.5) is 0 Å². The Labute approximate surface area is 95.9 Å². The first-order valence-corrected chi connectivity index (χ1v) is 5.45. The van der Waals surface area contributed by atoms with Crippen LogP contribution < -0.4 is 5.73 Å². The van der Waals surface area contributed by atoms with E-state index in [1.54, 1.807) is 0 Å². The Bertz CT molecular complexity index is 498. The molecular formula is C13H17N3. The summed E-state index contributed by atoms with van der Waals surface area (Å²) < 4.78 is 2.04. The zero-order chi connectivity index (χ0) is 11.7. The number of imidazole rings is 1. The predicted molar refractivity (Wildman–Crippen MR) is 65.6 cm³/mol. The van der Waals surface area contributed by atoms with Gasteiger partial charge in [-0.3, -0.25) is 0 Å². The maximum absolute atomic E-state index is 5.90. The van der Waals surface area contributed by atoms with Crippen LogP contribution in [0.1, 0.15) is 29.8 Å². The highest BCUT2D eigenvalue weighted by molar-refractivity contribution is 5.41. The van der Waals surface area contributed by atoms with Crippen LogP contribution in [0.15, 0.2) is 30.7 Å². The monoisotopic (exact) mass is 215 g/mol. The summed E-state index contributed by atoms with van der Waals surface area (Å²) in [6, 6.07) is 6.36. The fourth-order valence-electron chi connectivity index (χ4n) is 1.73. The van der Waals surface area contributed by atoms with E-state index >= 15 is 0 Å². The number of benzene rings is 1. The largest absolute Gasteiger partial charge is 0.323 e. The van der Waals surface area contributed by atoms with Crippen LogP contribution in [0.5, 0.6) is 0 Å². The van der Waals surface area contributed by atoms with Gasteiger partial charge in [-0.15, -0.1) is 0 Å². The van der Waals surface area contributed by atoms with Gasteiger partial charge in [-0.25, -0.2) is 4.98 Å². The molecule has 1 aromatic carbocycles. The lowest BCUT2D eigenvalue weighted by atomic mass is 10.1. The maximum Gasteiger partial charge on any atom is 0.0994 e. The quantitative estimate of drug-likeness (QED) is 0.836. The molecule has 3 nitrogen and oxygen atoms in total. The fourth-order valence-corrected chi connectivity index (χ4v) is 1.73. The van der Waals surface area contributed by atoms with E-state index in [9.17, 15) is 0 Å². The van der Waals surface area contributed by atoms with Crippen molar-refractivity contribution in [3.05, 3.63) is 47.5 Å². The van der Waals surface area contributed by atoms with Gasteiger partial charge in [0.05, 0.1) is 18.2 Å². The second-order valence-corrected chi connectivity index (χ2v) is 4.25. The molecule has 3 heteroatoms. The average Bonchev–Trinajstić information content (AvgIpc) is 2.71. The molecule has 2 rings (SSSR count). The number of aryl methyl sites for hydroxylation is 2. The predicted octanol–water partition coefficient (Wildman–Crippen LogP) is 2.51. The van der Waals surface area contributed by atoms with Gasteiger partial charge in [0.2, 0.25) is 0 Å². The van der Waals surface area contributed by atoms with Crippen molar-refractivity contribution in [2.45, 2.75) is 26.8 Å². The van der Waals surface area contributed by atoms with Gasteiger partial charge in [0.1, 0.15) is 0 Å². The van der Waals surface area contributed by atoms with Crippen LogP contribution in [0.3, 0.4) is 0 Å². The Balaban J connectivity index is 2.50. The standard InChI is InChI=1S/C13H17N3/c1-9-4-5-12(6-10(9)2)16-8-15-7-13(16)11(3)14/h4-8,11H,14H2,1-3H3. The highest BCUT2D eigenvalue weighted by Crippen LogP contribution is 2.18. The second kappa shape index (κ2) is 4.10. The SMILES string of the molecule is Cc1ccc(-n2cncc2C(C)N)cc1C. The molecule has 84 valence electrons. The van der Waals surface area contributed by atoms with Gasteiger partial charge in [0.15, 0.2) is 0 Å². The molecule has 0 saturated carbocycles. The molecule has 0 spiro atoms. The summed E-state index contributed by atoms with van der Waals surface area (Å²) in [5, 5.41) is 0. The summed E-state index contributed by atoms with van der Waals surface area (Å²) in [5.41, 5.74) is 10.6. The molecule has 0 radical (unpaired) electrons. The molecular weight excluding hydrogens is 198 g/mol. The summed E-state index contributed by atoms with van der Waals surface area (Å²) in [6.45, 7) is 6.19. The molecule has 2 N–H and O–H groups in total. The summed E-state index contributed by atoms with van der Waals surface area (Å²) in [7, 11) is 0. The third-order valence-electron chi connectivity index (χ3n) is 2.90. The number of hydrogen-bond acceptors (Lipinski definition) is 2. The summed E-state index contributed by atoms with van der Waals surface area (Å²) >= 11 is 0. The molecule has 16 heavy (non-hydrogen) atoms. The summed E-state index contributed by atoms with van der Waals surface area (Å²) in [5.74, 6) is 0. The number of nitrogens with two attached hydrogens (primary N) is 1. The zero-order valence-corrected chi connectivity index (χ0v) is 9.94. The Morgan fingerprint density at radius 1 is 1.25 bits per heavy atom. The van der Waals surface area contributed by atoms with E-state index in [0.717, 1.165) is 11.4 Å². The zero-order valence-electron chi connectivity index (χ0n) is 9.94. The summed E-state index contributed by atoms with van der Waals surface area (Å²) in [6.07, 6.45) is 3.63. The van der Waals surface area contributed by atoms with Crippen molar-refractivity contribution in [3.8, 4) is 5.69 Å². The highest BCUT2D eigenvalue weighted by atomic mass is 15.1. The molecule has 1 heterocycles. The van der Waals surface area contributed by atoms with E-state index in [0.29, 0.717) is 0 Å². The maximum atomic E-state index is 5.90. The van der Waals surface area contributed by atoms with Crippen molar-refractivity contribution >= 4 is 0 Å². The molecule has 0 saturated heterocycles. The molecule has 0 aliphatic heterocycles. The van der Waals surface area contributed by atoms with E-state index in [-0.39, 0.29) is 6.04 Å². The molecule has 1 atom stereocenters. The normalized spacial score (nSPS) is 12.8. The van der Waals surface area contributed by atoms with E-state index in [4.69, 9.17) is 5.73 Å². The van der Waals surface area contributed by atoms with Crippen LogP contribution in [0.25, 0.3) is 5.69 Å². The van der Waals surface area contributed by atoms with Crippen LogP contribution >= 0.6 is 0 Å². The Kier molecular flexibility index (Phi) is 2.79. The lowest BCUT2D eigenvalue weighted by Crippen LogP contribution is -2.10. The van der Waals surface area contributed by atoms with Crippen molar-refractivity contribution < 1.29 is 0 Å². The number of hydrogen-bond donors (Lipinski definition) is 1. The smallest absolute Gasteiger partial charge is 0.0994 e. The van der Waals surface area contributed by atoms with E-state index in [1.807, 2.05) is 24.0 Å². The third kappa shape index (κ3) is 1.86. The molecule has 1 unspecified atom stereocenters. The Morgan fingerprint density at radius 2 is 2.00 bits per heavy atom. The first kappa shape index (κ1) is 10.9. The van der Waals surface area contributed by atoms with Crippen LogP contribution in [-0.2, 0) is 0 Å². The van der Waals surface area contributed by atoms with Crippen LogP contribution in [0, 0.1) is 13.8 Å². The minimum atomic E-state index is -0.0101. The van der Waals surface area contributed by atoms with Crippen molar-refractivity contribution in [2.24, 2.45) is 5.73 Å². The second-order valence-electron chi connectivity index (χ2n) is 4.25. The van der Waals surface area contributed by atoms with Gasteiger partial charge in [0.25, 0.3) is 0 Å². The first-order chi connectivity index (χ1) is 7.59. The summed E-state index contributed by atoms with van der Waals surface area (Å²) in [4.78, 5) is 4.15. The number of nitrogens with zero attached hydrogens (tertiary/aromatic N) is 2. The van der Waals surface area contributed by atoms with Crippen molar-refractivity contribution in [2.75, 3.05) is 0 Å². The fraction of sp³-hybridized carbons (Fsp3) is 0.308. The molecule has 0 bridgehead atoms. The van der Waals surface area contributed by atoms with Gasteiger partial charge in [-0.05, 0) is 44.0 Å². The molecule has 0 fully saturated rings. The first-order valence-electron chi connectivity index (χ1n) is 5.45. The molecule has 0 amide bonds. The van der Waals surface area contributed by atoms with E-state index in [1.165, 1.54) is 11.1 Å². The van der Waals surface area contributed by atoms with Gasteiger partial charge >= 0.3 is 0 Å². The van der Waals surface area contributed by atoms with Crippen LogP contribution in [-0.4, -0.2) is 9.55 Å². The van der Waals surface area contributed by atoms with Crippen LogP contribution in [0.2, 0.25) is 0 Å². The number of aromatic nitrogens is 2. The molecule has 2 aromatic rings. The molecule has 0 aliphatic rings. The van der Waals surface area contributed by atoms with Gasteiger partial charge in [-0.1, -0.05) is 6.07 Å². The van der Waals surface area contributed by atoms with Gasteiger partial charge in [0, 0.05) is 11.7 Å². The van der Waals surface area contributed by atoms with Crippen molar-refractivity contribution in [1.82, 2.24) is 9.55 Å². The lowest BCUT2D eigenvalue weighted by molar-refractivity contribution is 0.752. The minimum Gasteiger partial charge on any atom is -0.323 e. The molecule has 0 aliphatic carbocycles. The topological polar surface area (TPSA) is 43.8 Å². The Morgan fingerprint density at radius 3 is 2.62 bits per heavy atom. The number of rotatable bonds is 2. The van der Waals surface area contributed by atoms with Gasteiger partial charge in [-0.2, -0.15) is 0 Å². The van der Waals surface area contributed by atoms with E-state index < -0.39 is 0 Å². The van der Waals surface area contributed by atoms with Gasteiger partial charge < -0.3 is 10.3 Å². The Hall–Kier alpha value is -1.61. The lowest BCUT2D eigenvalue weighted by Gasteiger charge is -2.12. The molecule has 1 aromatic heterocycles. The van der Waals surface area contributed by atoms with Crippen molar-refractivity contribution in [3.63, 3.8) is 0 Å². The average molecular weight is 215 g/mol.